The molecule has 6 heteroatoms. The predicted molar refractivity (Wildman–Crippen MR) is 76.6 cm³/mol. The van der Waals surface area contributed by atoms with Gasteiger partial charge >= 0.3 is 0 Å². The minimum absolute atomic E-state index is 0.109. The molecule has 0 bridgehead atoms. The van der Waals surface area contributed by atoms with E-state index in [-0.39, 0.29) is 6.04 Å². The average molecular weight is 273 g/mol. The van der Waals surface area contributed by atoms with Gasteiger partial charge in [0.2, 0.25) is 5.95 Å². The fourth-order valence-electron chi connectivity index (χ4n) is 1.87. The van der Waals surface area contributed by atoms with Crippen LogP contribution in [0.4, 0.5) is 5.95 Å². The van der Waals surface area contributed by atoms with Crippen molar-refractivity contribution in [3.05, 3.63) is 40.0 Å². The van der Waals surface area contributed by atoms with Crippen LogP contribution < -0.4 is 5.32 Å². The Labute approximate surface area is 115 Å². The van der Waals surface area contributed by atoms with E-state index >= 15 is 0 Å². The lowest BCUT2D eigenvalue weighted by atomic mass is 10.3. The molecule has 0 spiro atoms. The van der Waals surface area contributed by atoms with Crippen molar-refractivity contribution in [2.45, 2.75) is 26.8 Å². The zero-order chi connectivity index (χ0) is 13.4. The van der Waals surface area contributed by atoms with Gasteiger partial charge in [-0.05, 0) is 38.5 Å². The number of fused-ring (bicyclic) bond motifs is 1. The van der Waals surface area contributed by atoms with Gasteiger partial charge in [0.15, 0.2) is 5.65 Å². The van der Waals surface area contributed by atoms with Crippen LogP contribution in [0.3, 0.4) is 0 Å². The Kier molecular flexibility index (Phi) is 2.94. The van der Waals surface area contributed by atoms with Crippen LogP contribution in [0.15, 0.2) is 23.7 Å². The second kappa shape index (κ2) is 4.62. The normalized spacial score (nSPS) is 12.8. The van der Waals surface area contributed by atoms with E-state index in [0.29, 0.717) is 5.95 Å². The summed E-state index contributed by atoms with van der Waals surface area (Å²) in [4.78, 5) is 8.93. The molecule has 0 radical (unpaired) electrons. The van der Waals surface area contributed by atoms with E-state index in [2.05, 4.69) is 27.3 Å². The third-order valence-electron chi connectivity index (χ3n) is 2.85. The summed E-state index contributed by atoms with van der Waals surface area (Å²) in [7, 11) is 0. The lowest BCUT2D eigenvalue weighted by Crippen LogP contribution is -2.07. The lowest BCUT2D eigenvalue weighted by Gasteiger charge is -2.08. The Balaban J connectivity index is 1.85. The molecule has 0 saturated heterocycles. The van der Waals surface area contributed by atoms with Gasteiger partial charge in [-0.15, -0.1) is 16.4 Å². The van der Waals surface area contributed by atoms with Gasteiger partial charge in [-0.3, -0.25) is 0 Å². The van der Waals surface area contributed by atoms with Crippen LogP contribution in [0.5, 0.6) is 0 Å². The summed E-state index contributed by atoms with van der Waals surface area (Å²) in [5, 5.41) is 10.8. The molecule has 19 heavy (non-hydrogen) atoms. The summed E-state index contributed by atoms with van der Waals surface area (Å²) in [5.41, 5.74) is 3.08. The minimum Gasteiger partial charge on any atom is -0.344 e. The molecule has 3 heterocycles. The summed E-state index contributed by atoms with van der Waals surface area (Å²) in [6.07, 6.45) is 1.92. The highest BCUT2D eigenvalue weighted by atomic mass is 32.1. The van der Waals surface area contributed by atoms with Gasteiger partial charge in [-0.25, -0.2) is 9.50 Å². The van der Waals surface area contributed by atoms with E-state index in [1.54, 1.807) is 15.9 Å². The van der Waals surface area contributed by atoms with Crippen LogP contribution in [-0.4, -0.2) is 19.6 Å². The first-order valence-corrected chi connectivity index (χ1v) is 7.01. The van der Waals surface area contributed by atoms with Crippen LogP contribution in [0.25, 0.3) is 5.65 Å². The van der Waals surface area contributed by atoms with Crippen molar-refractivity contribution in [2.75, 3.05) is 5.32 Å². The minimum atomic E-state index is 0.109. The van der Waals surface area contributed by atoms with E-state index in [0.717, 1.165) is 16.3 Å². The maximum atomic E-state index is 4.47. The van der Waals surface area contributed by atoms with Gasteiger partial charge in [-0.1, -0.05) is 0 Å². The van der Waals surface area contributed by atoms with Crippen molar-refractivity contribution in [3.8, 4) is 0 Å². The number of nitrogens with one attached hydrogen (secondary N) is 1. The SMILES string of the molecule is Cc1ccn2nc(NC(C)c3nc(C)cs3)nc2c1. The molecule has 3 aromatic rings. The fraction of sp³-hybridized carbons (Fsp3) is 0.308. The van der Waals surface area contributed by atoms with Gasteiger partial charge < -0.3 is 5.32 Å². The Morgan fingerprint density at radius 2 is 2.16 bits per heavy atom. The molecule has 3 rings (SSSR count). The molecule has 98 valence electrons. The average Bonchev–Trinajstić information content (AvgIpc) is 2.94. The van der Waals surface area contributed by atoms with Gasteiger partial charge in [0, 0.05) is 17.3 Å². The van der Waals surface area contributed by atoms with Crippen LogP contribution in [-0.2, 0) is 0 Å². The molecule has 1 atom stereocenters. The van der Waals surface area contributed by atoms with Crippen LogP contribution in [0.2, 0.25) is 0 Å². The molecule has 1 unspecified atom stereocenters. The Morgan fingerprint density at radius 1 is 1.32 bits per heavy atom. The van der Waals surface area contributed by atoms with Crippen molar-refractivity contribution in [2.24, 2.45) is 0 Å². The first-order valence-electron chi connectivity index (χ1n) is 6.13. The Hall–Kier alpha value is -1.95. The number of nitrogens with zero attached hydrogens (tertiary/aromatic N) is 4. The standard InChI is InChI=1S/C13H15N5S/c1-8-4-5-18-11(6-8)16-13(17-18)15-10(3)12-14-9(2)7-19-12/h4-7,10H,1-3H3,(H,15,17). The summed E-state index contributed by atoms with van der Waals surface area (Å²) in [5.74, 6) is 0.631. The van der Waals surface area contributed by atoms with Crippen LogP contribution in [0.1, 0.15) is 29.2 Å². The van der Waals surface area contributed by atoms with E-state index < -0.39 is 0 Å². The Bertz CT molecular complexity index is 715. The zero-order valence-electron chi connectivity index (χ0n) is 11.1. The van der Waals surface area contributed by atoms with Crippen molar-refractivity contribution in [1.82, 2.24) is 19.6 Å². The van der Waals surface area contributed by atoms with Crippen LogP contribution >= 0.6 is 11.3 Å². The van der Waals surface area contributed by atoms with Crippen molar-refractivity contribution < 1.29 is 0 Å². The van der Waals surface area contributed by atoms with Gasteiger partial charge in [0.05, 0.1) is 6.04 Å². The number of aryl methyl sites for hydroxylation is 2. The maximum Gasteiger partial charge on any atom is 0.243 e. The maximum absolute atomic E-state index is 4.47. The number of anilines is 1. The number of aromatic nitrogens is 4. The van der Waals surface area contributed by atoms with Crippen LogP contribution in [0, 0.1) is 13.8 Å². The molecular formula is C13H15N5S. The third-order valence-corrected chi connectivity index (χ3v) is 3.99. The first kappa shape index (κ1) is 12.1. The Morgan fingerprint density at radius 3 is 2.89 bits per heavy atom. The topological polar surface area (TPSA) is 55.1 Å². The van der Waals surface area contributed by atoms with Crippen molar-refractivity contribution in [1.29, 1.82) is 0 Å². The number of hydrogen-bond acceptors (Lipinski definition) is 5. The number of pyridine rings is 1. The van der Waals surface area contributed by atoms with E-state index in [1.165, 1.54) is 5.56 Å². The second-order valence-electron chi connectivity index (χ2n) is 4.64. The lowest BCUT2D eigenvalue weighted by molar-refractivity contribution is 0.838. The monoisotopic (exact) mass is 273 g/mol. The highest BCUT2D eigenvalue weighted by molar-refractivity contribution is 7.09. The van der Waals surface area contributed by atoms with Gasteiger partial charge in [-0.2, -0.15) is 4.98 Å². The van der Waals surface area contributed by atoms with Crippen molar-refractivity contribution in [3.63, 3.8) is 0 Å². The third kappa shape index (κ3) is 2.44. The van der Waals surface area contributed by atoms with Gasteiger partial charge in [0.1, 0.15) is 5.01 Å². The highest BCUT2D eigenvalue weighted by Gasteiger charge is 2.12. The summed E-state index contributed by atoms with van der Waals surface area (Å²) >= 11 is 1.65. The molecule has 0 saturated carbocycles. The summed E-state index contributed by atoms with van der Waals surface area (Å²) in [6.45, 7) is 6.11. The zero-order valence-corrected chi connectivity index (χ0v) is 11.9. The summed E-state index contributed by atoms with van der Waals surface area (Å²) in [6, 6.07) is 4.13. The largest absolute Gasteiger partial charge is 0.344 e. The molecule has 1 N–H and O–H groups in total. The number of thiazole rings is 1. The van der Waals surface area contributed by atoms with Gasteiger partial charge in [0.25, 0.3) is 0 Å². The molecule has 0 aliphatic heterocycles. The molecule has 0 aliphatic rings. The second-order valence-corrected chi connectivity index (χ2v) is 5.53. The molecule has 0 fully saturated rings. The van der Waals surface area contributed by atoms with E-state index in [1.807, 2.05) is 37.6 Å². The first-order chi connectivity index (χ1) is 9.11. The highest BCUT2D eigenvalue weighted by Crippen LogP contribution is 2.21. The fourth-order valence-corrected chi connectivity index (χ4v) is 2.67. The quantitative estimate of drug-likeness (QED) is 0.797. The molecule has 0 amide bonds. The molecule has 3 aromatic heterocycles. The van der Waals surface area contributed by atoms with E-state index in [9.17, 15) is 0 Å². The summed E-state index contributed by atoms with van der Waals surface area (Å²) < 4.78 is 1.77. The van der Waals surface area contributed by atoms with Crippen molar-refractivity contribution >= 4 is 22.9 Å². The molecule has 5 nitrogen and oxygen atoms in total. The molecule has 0 aromatic carbocycles. The van der Waals surface area contributed by atoms with E-state index in [4.69, 9.17) is 0 Å². The smallest absolute Gasteiger partial charge is 0.243 e. The predicted octanol–water partition coefficient (Wildman–Crippen LogP) is 2.98. The number of hydrogen-bond donors (Lipinski definition) is 1. The molecule has 0 aliphatic carbocycles. The molecular weight excluding hydrogens is 258 g/mol. The number of rotatable bonds is 3.